The first-order valence-corrected chi connectivity index (χ1v) is 6.77. The average molecular weight is 259 g/mol. The molecule has 5 nitrogen and oxygen atoms in total. The lowest BCUT2D eigenvalue weighted by Gasteiger charge is -2.28. The van der Waals surface area contributed by atoms with E-state index in [0.29, 0.717) is 32.6 Å². The quantitative estimate of drug-likeness (QED) is 0.663. The molecule has 106 valence electrons. The fourth-order valence-corrected chi connectivity index (χ4v) is 2.14. The summed E-state index contributed by atoms with van der Waals surface area (Å²) in [5.74, 6) is -0.241. The van der Waals surface area contributed by atoms with Gasteiger partial charge in [-0.3, -0.25) is 4.79 Å². The van der Waals surface area contributed by atoms with Crippen LogP contribution in [-0.4, -0.2) is 48.6 Å². The highest BCUT2D eigenvalue weighted by Crippen LogP contribution is 2.25. The summed E-state index contributed by atoms with van der Waals surface area (Å²) in [6.45, 7) is 6.97. The maximum absolute atomic E-state index is 11.7. The van der Waals surface area contributed by atoms with E-state index in [9.17, 15) is 9.90 Å². The minimum absolute atomic E-state index is 0.200. The molecule has 0 saturated carbocycles. The standard InChI is InChI=1S/C13H25NO4/c1-4-6-11(12(15)17-5-2)14-9-13(16)7-8-18-10(13)3/h10-11,14,16H,4-9H2,1-3H3. The Hall–Kier alpha value is -0.650. The smallest absolute Gasteiger partial charge is 0.323 e. The highest BCUT2D eigenvalue weighted by atomic mass is 16.5. The van der Waals surface area contributed by atoms with Crippen molar-refractivity contribution in [3.8, 4) is 0 Å². The molecular formula is C13H25NO4. The van der Waals surface area contributed by atoms with Gasteiger partial charge in [-0.2, -0.15) is 0 Å². The van der Waals surface area contributed by atoms with Crippen molar-refractivity contribution < 1.29 is 19.4 Å². The lowest BCUT2D eigenvalue weighted by atomic mass is 9.96. The first-order chi connectivity index (χ1) is 8.53. The van der Waals surface area contributed by atoms with Gasteiger partial charge in [0, 0.05) is 19.6 Å². The van der Waals surface area contributed by atoms with Crippen LogP contribution in [0.3, 0.4) is 0 Å². The molecule has 0 radical (unpaired) electrons. The third-order valence-electron chi connectivity index (χ3n) is 3.46. The average Bonchev–Trinajstić information content (AvgIpc) is 2.66. The van der Waals surface area contributed by atoms with E-state index in [4.69, 9.17) is 9.47 Å². The number of aliphatic hydroxyl groups is 1. The first kappa shape index (κ1) is 15.4. The van der Waals surface area contributed by atoms with Gasteiger partial charge in [0.05, 0.1) is 12.7 Å². The van der Waals surface area contributed by atoms with E-state index in [1.807, 2.05) is 13.8 Å². The second kappa shape index (κ2) is 7.07. The number of esters is 1. The summed E-state index contributed by atoms with van der Waals surface area (Å²) in [5.41, 5.74) is -0.877. The van der Waals surface area contributed by atoms with Gasteiger partial charge < -0.3 is 19.9 Å². The van der Waals surface area contributed by atoms with Gasteiger partial charge in [0.2, 0.25) is 0 Å². The van der Waals surface area contributed by atoms with Crippen LogP contribution in [0.25, 0.3) is 0 Å². The van der Waals surface area contributed by atoms with Crippen molar-refractivity contribution in [3.63, 3.8) is 0 Å². The van der Waals surface area contributed by atoms with Crippen LogP contribution in [0.4, 0.5) is 0 Å². The Morgan fingerprint density at radius 3 is 2.83 bits per heavy atom. The number of rotatable bonds is 7. The second-order valence-corrected chi connectivity index (χ2v) is 4.84. The molecule has 2 N–H and O–H groups in total. The lowest BCUT2D eigenvalue weighted by molar-refractivity contribution is -0.146. The minimum Gasteiger partial charge on any atom is -0.465 e. The second-order valence-electron chi connectivity index (χ2n) is 4.84. The zero-order valence-electron chi connectivity index (χ0n) is 11.6. The van der Waals surface area contributed by atoms with Gasteiger partial charge in [-0.15, -0.1) is 0 Å². The molecule has 0 aromatic heterocycles. The summed E-state index contributed by atoms with van der Waals surface area (Å²) in [7, 11) is 0. The molecule has 0 spiro atoms. The predicted octanol–water partition coefficient (Wildman–Crippen LogP) is 0.848. The Morgan fingerprint density at radius 2 is 2.33 bits per heavy atom. The number of nitrogens with one attached hydrogen (secondary N) is 1. The van der Waals surface area contributed by atoms with Crippen LogP contribution in [0.2, 0.25) is 0 Å². The van der Waals surface area contributed by atoms with E-state index in [0.717, 1.165) is 6.42 Å². The Balaban J connectivity index is 2.48. The molecule has 1 aliphatic heterocycles. The van der Waals surface area contributed by atoms with Crippen LogP contribution in [-0.2, 0) is 14.3 Å². The van der Waals surface area contributed by atoms with Gasteiger partial charge in [0.15, 0.2) is 0 Å². The molecule has 0 aromatic carbocycles. The van der Waals surface area contributed by atoms with Crippen molar-refractivity contribution in [1.82, 2.24) is 5.32 Å². The molecule has 1 fully saturated rings. The molecule has 3 unspecified atom stereocenters. The zero-order valence-corrected chi connectivity index (χ0v) is 11.6. The molecule has 3 atom stereocenters. The van der Waals surface area contributed by atoms with E-state index in [1.165, 1.54) is 0 Å². The van der Waals surface area contributed by atoms with Gasteiger partial charge >= 0.3 is 5.97 Å². The molecular weight excluding hydrogens is 234 g/mol. The summed E-state index contributed by atoms with van der Waals surface area (Å²) < 4.78 is 10.4. The van der Waals surface area contributed by atoms with E-state index < -0.39 is 5.60 Å². The van der Waals surface area contributed by atoms with E-state index in [2.05, 4.69) is 5.32 Å². The predicted molar refractivity (Wildman–Crippen MR) is 68.3 cm³/mol. The van der Waals surface area contributed by atoms with Crippen molar-refractivity contribution in [3.05, 3.63) is 0 Å². The lowest BCUT2D eigenvalue weighted by Crippen LogP contribution is -2.50. The fourth-order valence-electron chi connectivity index (χ4n) is 2.14. The molecule has 0 bridgehead atoms. The molecule has 5 heteroatoms. The van der Waals surface area contributed by atoms with Crippen molar-refractivity contribution in [2.75, 3.05) is 19.8 Å². The first-order valence-electron chi connectivity index (χ1n) is 6.77. The maximum atomic E-state index is 11.7. The molecule has 1 saturated heterocycles. The molecule has 0 aliphatic carbocycles. The third-order valence-corrected chi connectivity index (χ3v) is 3.46. The molecule has 1 heterocycles. The summed E-state index contributed by atoms with van der Waals surface area (Å²) in [4.78, 5) is 11.7. The number of hydrogen-bond acceptors (Lipinski definition) is 5. The number of ether oxygens (including phenoxy) is 2. The van der Waals surface area contributed by atoms with Gasteiger partial charge in [-0.25, -0.2) is 0 Å². The van der Waals surface area contributed by atoms with E-state index in [-0.39, 0.29) is 18.1 Å². The SMILES string of the molecule is CCCC(NCC1(O)CCOC1C)C(=O)OCC. The number of carbonyl (C=O) groups excluding carboxylic acids is 1. The fraction of sp³-hybridized carbons (Fsp3) is 0.923. The maximum Gasteiger partial charge on any atom is 0.323 e. The molecule has 1 rings (SSSR count). The van der Waals surface area contributed by atoms with Crippen molar-refractivity contribution in [2.24, 2.45) is 0 Å². The van der Waals surface area contributed by atoms with Gasteiger partial charge in [-0.1, -0.05) is 13.3 Å². The van der Waals surface area contributed by atoms with Crippen LogP contribution >= 0.6 is 0 Å². The molecule has 18 heavy (non-hydrogen) atoms. The number of carbonyl (C=O) groups is 1. The number of hydrogen-bond donors (Lipinski definition) is 2. The summed E-state index contributed by atoms with van der Waals surface area (Å²) in [6, 6.07) is -0.341. The van der Waals surface area contributed by atoms with Crippen LogP contribution < -0.4 is 5.32 Å². The highest BCUT2D eigenvalue weighted by molar-refractivity contribution is 5.75. The molecule has 0 aromatic rings. The van der Waals surface area contributed by atoms with Crippen LogP contribution in [0.1, 0.15) is 40.0 Å². The summed E-state index contributed by atoms with van der Waals surface area (Å²) in [5, 5.41) is 13.5. The molecule has 0 amide bonds. The largest absolute Gasteiger partial charge is 0.465 e. The topological polar surface area (TPSA) is 67.8 Å². The summed E-state index contributed by atoms with van der Waals surface area (Å²) >= 11 is 0. The third kappa shape index (κ3) is 3.93. The van der Waals surface area contributed by atoms with Crippen LogP contribution in [0, 0.1) is 0 Å². The Kier molecular flexibility index (Phi) is 6.05. The van der Waals surface area contributed by atoms with Crippen LogP contribution in [0.5, 0.6) is 0 Å². The Bertz CT molecular complexity index is 272. The van der Waals surface area contributed by atoms with Crippen molar-refractivity contribution >= 4 is 5.97 Å². The monoisotopic (exact) mass is 259 g/mol. The molecule has 1 aliphatic rings. The van der Waals surface area contributed by atoms with Gasteiger partial charge in [-0.05, 0) is 20.3 Å². The van der Waals surface area contributed by atoms with E-state index >= 15 is 0 Å². The van der Waals surface area contributed by atoms with Crippen molar-refractivity contribution in [1.29, 1.82) is 0 Å². The van der Waals surface area contributed by atoms with Crippen LogP contribution in [0.15, 0.2) is 0 Å². The Morgan fingerprint density at radius 1 is 1.61 bits per heavy atom. The van der Waals surface area contributed by atoms with Gasteiger partial charge in [0.1, 0.15) is 11.6 Å². The van der Waals surface area contributed by atoms with Crippen molar-refractivity contribution in [2.45, 2.75) is 57.8 Å². The minimum atomic E-state index is -0.877. The van der Waals surface area contributed by atoms with Gasteiger partial charge in [0.25, 0.3) is 0 Å². The Labute approximate surface area is 109 Å². The normalized spacial score (nSPS) is 29.2. The van der Waals surface area contributed by atoms with E-state index in [1.54, 1.807) is 6.92 Å². The highest BCUT2D eigenvalue weighted by Gasteiger charge is 2.40. The summed E-state index contributed by atoms with van der Waals surface area (Å²) in [6.07, 6.45) is 2.00. The zero-order chi connectivity index (χ0) is 13.6.